The van der Waals surface area contributed by atoms with Gasteiger partial charge < -0.3 is 5.32 Å². The fourth-order valence-corrected chi connectivity index (χ4v) is 1.44. The smallest absolute Gasteiger partial charge is 0.225 e. The number of hydrogen-bond donors (Lipinski definition) is 1. The van der Waals surface area contributed by atoms with Crippen molar-refractivity contribution in [3.63, 3.8) is 0 Å². The fraction of sp³-hybridized carbons (Fsp3) is 0.462. The first-order chi connectivity index (χ1) is 7.43. The van der Waals surface area contributed by atoms with Gasteiger partial charge in [-0.25, -0.2) is 0 Å². The summed E-state index contributed by atoms with van der Waals surface area (Å²) in [4.78, 5) is 11.7. The van der Waals surface area contributed by atoms with Crippen molar-refractivity contribution in [2.45, 2.75) is 33.2 Å². The zero-order chi connectivity index (χ0) is 12.2. The number of rotatable bonds is 3. The van der Waals surface area contributed by atoms with E-state index in [9.17, 15) is 4.79 Å². The summed E-state index contributed by atoms with van der Waals surface area (Å²) in [6.07, 6.45) is 0. The van der Waals surface area contributed by atoms with Gasteiger partial charge in [0.2, 0.25) is 5.91 Å². The summed E-state index contributed by atoms with van der Waals surface area (Å²) in [5.41, 5.74) is 1.81. The maximum Gasteiger partial charge on any atom is 0.225 e. The Morgan fingerprint density at radius 3 is 2.50 bits per heavy atom. The Morgan fingerprint density at radius 2 is 1.94 bits per heavy atom. The van der Waals surface area contributed by atoms with Crippen LogP contribution in [0.2, 0.25) is 0 Å². The molecule has 1 N–H and O–H groups in total. The molecule has 0 spiro atoms. The minimum atomic E-state index is -0.343. The van der Waals surface area contributed by atoms with Crippen molar-refractivity contribution in [2.75, 3.05) is 0 Å². The average molecular weight is 240 g/mol. The average Bonchev–Trinajstić information content (AvgIpc) is 2.25. The van der Waals surface area contributed by atoms with E-state index in [0.717, 1.165) is 11.1 Å². The van der Waals surface area contributed by atoms with Gasteiger partial charge in [-0.3, -0.25) is 4.79 Å². The summed E-state index contributed by atoms with van der Waals surface area (Å²) >= 11 is 5.75. The first kappa shape index (κ1) is 13.0. The van der Waals surface area contributed by atoms with Crippen LogP contribution in [-0.4, -0.2) is 5.91 Å². The normalized spacial score (nSPS) is 11.2. The van der Waals surface area contributed by atoms with Gasteiger partial charge in [-0.15, -0.1) is 11.6 Å². The number of carbonyl (C=O) groups is 1. The summed E-state index contributed by atoms with van der Waals surface area (Å²) in [6.45, 7) is 6.26. The predicted octanol–water partition coefficient (Wildman–Crippen LogP) is 3.09. The molecule has 0 aliphatic rings. The SMILES string of the molecule is CC(C)(C)C(=O)NCc1cccc(CCl)c1. The molecule has 2 nitrogen and oxygen atoms in total. The molecule has 0 aliphatic carbocycles. The molecule has 0 heterocycles. The molecule has 0 atom stereocenters. The van der Waals surface area contributed by atoms with E-state index in [1.54, 1.807) is 0 Å². The van der Waals surface area contributed by atoms with Crippen molar-refractivity contribution in [1.82, 2.24) is 5.32 Å². The second-order valence-electron chi connectivity index (χ2n) is 4.89. The maximum atomic E-state index is 11.7. The van der Waals surface area contributed by atoms with E-state index >= 15 is 0 Å². The van der Waals surface area contributed by atoms with Gasteiger partial charge >= 0.3 is 0 Å². The van der Waals surface area contributed by atoms with Gasteiger partial charge in [0, 0.05) is 17.8 Å². The van der Waals surface area contributed by atoms with E-state index in [1.165, 1.54) is 0 Å². The van der Waals surface area contributed by atoms with Gasteiger partial charge in [0.15, 0.2) is 0 Å². The molecule has 88 valence electrons. The largest absolute Gasteiger partial charge is 0.352 e. The van der Waals surface area contributed by atoms with Crippen LogP contribution in [0.5, 0.6) is 0 Å². The first-order valence-electron chi connectivity index (χ1n) is 5.35. The standard InChI is InChI=1S/C13H18ClNO/c1-13(2,3)12(16)15-9-11-6-4-5-10(7-11)8-14/h4-7H,8-9H2,1-3H3,(H,15,16). The zero-order valence-corrected chi connectivity index (χ0v) is 10.8. The molecule has 0 fully saturated rings. The van der Waals surface area contributed by atoms with Gasteiger partial charge in [0.05, 0.1) is 0 Å². The number of amides is 1. The molecule has 0 aliphatic heterocycles. The highest BCUT2D eigenvalue weighted by Gasteiger charge is 2.20. The lowest BCUT2D eigenvalue weighted by atomic mass is 9.95. The summed E-state index contributed by atoms with van der Waals surface area (Å²) < 4.78 is 0. The van der Waals surface area contributed by atoms with Crippen LogP contribution in [0.1, 0.15) is 31.9 Å². The van der Waals surface area contributed by atoms with Gasteiger partial charge in [-0.2, -0.15) is 0 Å². The van der Waals surface area contributed by atoms with Crippen LogP contribution >= 0.6 is 11.6 Å². The summed E-state index contributed by atoms with van der Waals surface area (Å²) in [7, 11) is 0. The van der Waals surface area contributed by atoms with Crippen LogP contribution in [0.4, 0.5) is 0 Å². The van der Waals surface area contributed by atoms with Crippen molar-refractivity contribution in [1.29, 1.82) is 0 Å². The van der Waals surface area contributed by atoms with Gasteiger partial charge in [-0.1, -0.05) is 45.0 Å². The topological polar surface area (TPSA) is 29.1 Å². The molecule has 1 aromatic rings. The van der Waals surface area contributed by atoms with E-state index < -0.39 is 0 Å². The second-order valence-corrected chi connectivity index (χ2v) is 5.15. The Morgan fingerprint density at radius 1 is 1.31 bits per heavy atom. The quantitative estimate of drug-likeness (QED) is 0.807. The van der Waals surface area contributed by atoms with Gasteiger partial charge in [0.25, 0.3) is 0 Å². The van der Waals surface area contributed by atoms with E-state index in [1.807, 2.05) is 45.0 Å². The Hall–Kier alpha value is -1.02. The highest BCUT2D eigenvalue weighted by molar-refractivity contribution is 6.17. The molecule has 16 heavy (non-hydrogen) atoms. The number of hydrogen-bond acceptors (Lipinski definition) is 1. The second kappa shape index (κ2) is 5.35. The van der Waals surface area contributed by atoms with E-state index in [4.69, 9.17) is 11.6 Å². The Balaban J connectivity index is 2.58. The molecular formula is C13H18ClNO. The first-order valence-corrected chi connectivity index (χ1v) is 5.89. The van der Waals surface area contributed by atoms with E-state index in [0.29, 0.717) is 12.4 Å². The van der Waals surface area contributed by atoms with Crippen LogP contribution in [0.3, 0.4) is 0 Å². The van der Waals surface area contributed by atoms with Crippen LogP contribution in [0.15, 0.2) is 24.3 Å². The minimum Gasteiger partial charge on any atom is -0.352 e. The molecule has 0 radical (unpaired) electrons. The molecule has 3 heteroatoms. The van der Waals surface area contributed by atoms with Gasteiger partial charge in [-0.05, 0) is 11.1 Å². The third-order valence-corrected chi connectivity index (χ3v) is 2.59. The molecular weight excluding hydrogens is 222 g/mol. The lowest BCUT2D eigenvalue weighted by molar-refractivity contribution is -0.128. The minimum absolute atomic E-state index is 0.0591. The fourth-order valence-electron chi connectivity index (χ4n) is 1.27. The lowest BCUT2D eigenvalue weighted by Gasteiger charge is -2.17. The number of halogens is 1. The Labute approximate surface area is 102 Å². The van der Waals surface area contributed by atoms with Gasteiger partial charge in [0.1, 0.15) is 0 Å². The molecule has 0 aromatic heterocycles. The third-order valence-electron chi connectivity index (χ3n) is 2.28. The number of nitrogens with one attached hydrogen (secondary N) is 1. The van der Waals surface area contributed by atoms with E-state index in [-0.39, 0.29) is 11.3 Å². The third kappa shape index (κ3) is 3.86. The number of benzene rings is 1. The number of carbonyl (C=O) groups excluding carboxylic acids is 1. The van der Waals surface area contributed by atoms with Crippen molar-refractivity contribution in [3.05, 3.63) is 35.4 Å². The van der Waals surface area contributed by atoms with Crippen LogP contribution in [0, 0.1) is 5.41 Å². The monoisotopic (exact) mass is 239 g/mol. The molecule has 0 bridgehead atoms. The molecule has 0 saturated heterocycles. The molecule has 0 unspecified atom stereocenters. The highest BCUT2D eigenvalue weighted by atomic mass is 35.5. The molecule has 1 rings (SSSR count). The van der Waals surface area contributed by atoms with E-state index in [2.05, 4.69) is 5.32 Å². The van der Waals surface area contributed by atoms with Crippen molar-refractivity contribution in [3.8, 4) is 0 Å². The van der Waals surface area contributed by atoms with Crippen LogP contribution in [-0.2, 0) is 17.2 Å². The van der Waals surface area contributed by atoms with Crippen LogP contribution in [0.25, 0.3) is 0 Å². The Bertz CT molecular complexity index is 368. The van der Waals surface area contributed by atoms with Crippen molar-refractivity contribution < 1.29 is 4.79 Å². The summed E-state index contributed by atoms with van der Waals surface area (Å²) in [6, 6.07) is 7.92. The summed E-state index contributed by atoms with van der Waals surface area (Å²) in [5.74, 6) is 0.560. The molecule has 1 amide bonds. The predicted molar refractivity (Wildman–Crippen MR) is 67.3 cm³/mol. The lowest BCUT2D eigenvalue weighted by Crippen LogP contribution is -2.34. The molecule has 1 aromatic carbocycles. The summed E-state index contributed by atoms with van der Waals surface area (Å²) in [5, 5.41) is 2.91. The van der Waals surface area contributed by atoms with Crippen molar-refractivity contribution >= 4 is 17.5 Å². The maximum absolute atomic E-state index is 11.7. The Kier molecular flexibility index (Phi) is 4.36. The number of alkyl halides is 1. The zero-order valence-electron chi connectivity index (χ0n) is 10.0. The van der Waals surface area contributed by atoms with Crippen LogP contribution < -0.4 is 5.32 Å². The van der Waals surface area contributed by atoms with Crippen molar-refractivity contribution in [2.24, 2.45) is 5.41 Å². The highest BCUT2D eigenvalue weighted by Crippen LogP contribution is 2.13. The molecule has 0 saturated carbocycles.